The van der Waals surface area contributed by atoms with Gasteiger partial charge in [0.2, 0.25) is 0 Å². The number of carboxylic acids is 8. The van der Waals surface area contributed by atoms with Gasteiger partial charge in [-0.05, 0) is 19.3 Å². The number of carboxylic acid groups (broad SMARTS) is 8. The fourth-order valence-corrected chi connectivity index (χ4v) is 7.10. The van der Waals surface area contributed by atoms with E-state index in [-0.39, 0.29) is 0 Å². The largest absolute Gasteiger partial charge is 0.481 e. The molecule has 0 saturated heterocycles. The summed E-state index contributed by atoms with van der Waals surface area (Å²) in [6.07, 6.45) is -2.95. The highest BCUT2D eigenvalue weighted by Gasteiger charge is 2.62. The van der Waals surface area contributed by atoms with Crippen molar-refractivity contribution in [3.05, 3.63) is 0 Å². The second-order valence-corrected chi connectivity index (χ2v) is 11.7. The topological polar surface area (TPSA) is 385 Å². The lowest BCUT2D eigenvalue weighted by molar-refractivity contribution is -0.180. The van der Waals surface area contributed by atoms with Crippen LogP contribution in [0.1, 0.15) is 19.3 Å². The second kappa shape index (κ2) is 14.0. The lowest BCUT2D eigenvalue weighted by Gasteiger charge is -2.24. The summed E-state index contributed by atoms with van der Waals surface area (Å²) in [6, 6.07) is 0. The fourth-order valence-electron chi connectivity index (χ4n) is 7.10. The van der Waals surface area contributed by atoms with Crippen LogP contribution in [0, 0.1) is 71.0 Å². The number of hydrogen-bond donors (Lipinski definition) is 8. The third-order valence-corrected chi connectivity index (χ3v) is 9.25. The van der Waals surface area contributed by atoms with Crippen molar-refractivity contribution in [2.75, 3.05) is 0 Å². The van der Waals surface area contributed by atoms with Crippen molar-refractivity contribution >= 4 is 71.6 Å². The molecule has 0 radical (unpaired) electrons. The number of esters is 4. The molecule has 266 valence electrons. The highest BCUT2D eigenvalue weighted by molar-refractivity contribution is 6.01. The first kappa shape index (κ1) is 37.5. The highest BCUT2D eigenvalue weighted by atomic mass is 16.6. The predicted octanol–water partition coefficient (Wildman–Crippen LogP) is -2.59. The molecule has 3 fully saturated rings. The number of aliphatic carboxylic acids is 8. The van der Waals surface area contributed by atoms with Gasteiger partial charge in [-0.15, -0.1) is 0 Å². The summed E-state index contributed by atoms with van der Waals surface area (Å²) in [7, 11) is 0. The van der Waals surface area contributed by atoms with Crippen LogP contribution in [-0.2, 0) is 67.0 Å². The molecule has 0 spiro atoms. The molecule has 0 aromatic rings. The lowest BCUT2D eigenvalue weighted by atomic mass is 9.85. The average Bonchev–Trinajstić information content (AvgIpc) is 3.69. The fraction of sp³-hybridized carbons (Fsp3) is 0.556. The number of carbonyl (C=O) groups is 12. The summed E-state index contributed by atoms with van der Waals surface area (Å²) < 4.78 is 9.16. The zero-order valence-electron chi connectivity index (χ0n) is 24.3. The Labute approximate surface area is 270 Å². The summed E-state index contributed by atoms with van der Waals surface area (Å²) in [5, 5.41) is 76.2. The van der Waals surface area contributed by atoms with Gasteiger partial charge in [0, 0.05) is 0 Å². The van der Waals surface area contributed by atoms with Crippen molar-refractivity contribution in [3.63, 3.8) is 0 Å². The lowest BCUT2D eigenvalue weighted by Crippen LogP contribution is -2.42. The van der Waals surface area contributed by atoms with Gasteiger partial charge in [0.25, 0.3) is 0 Å². The molecule has 49 heavy (non-hydrogen) atoms. The summed E-state index contributed by atoms with van der Waals surface area (Å²) in [5.74, 6) is -50.0. The van der Waals surface area contributed by atoms with Gasteiger partial charge in [0.1, 0.15) is 0 Å². The first-order chi connectivity index (χ1) is 22.6. The van der Waals surface area contributed by atoms with Crippen molar-refractivity contribution < 1.29 is 108 Å². The molecule has 3 rings (SSSR count). The van der Waals surface area contributed by atoms with Gasteiger partial charge in [-0.2, -0.15) is 0 Å². The van der Waals surface area contributed by atoms with Crippen LogP contribution in [0.2, 0.25) is 0 Å². The van der Waals surface area contributed by atoms with Gasteiger partial charge in [-0.1, -0.05) is 0 Å². The van der Waals surface area contributed by atoms with E-state index >= 15 is 0 Å². The Hall–Kier alpha value is -5.96. The van der Waals surface area contributed by atoms with E-state index in [1.165, 1.54) is 0 Å². The molecule has 12 atom stereocenters. The second-order valence-electron chi connectivity index (χ2n) is 11.7. The monoisotopic (exact) mass is 702 g/mol. The van der Waals surface area contributed by atoms with E-state index in [9.17, 15) is 98.4 Å². The maximum Gasteiger partial charge on any atom is 0.318 e. The van der Waals surface area contributed by atoms with Crippen LogP contribution in [0.25, 0.3) is 0 Å². The minimum atomic E-state index is -2.55. The molecular formula is C27H26O22. The first-order valence-corrected chi connectivity index (χ1v) is 14.0. The van der Waals surface area contributed by atoms with Gasteiger partial charge in [0.15, 0.2) is 0 Å². The summed E-state index contributed by atoms with van der Waals surface area (Å²) in [6.45, 7) is 0. The normalized spacial score (nSPS) is 33.5. The molecular weight excluding hydrogens is 676 g/mol. The molecule has 22 nitrogen and oxygen atoms in total. The van der Waals surface area contributed by atoms with Crippen LogP contribution in [-0.4, -0.2) is 112 Å². The van der Waals surface area contributed by atoms with Gasteiger partial charge >= 0.3 is 71.6 Å². The van der Waals surface area contributed by atoms with Crippen LogP contribution >= 0.6 is 0 Å². The van der Waals surface area contributed by atoms with E-state index in [0.29, 0.717) is 0 Å². The summed E-state index contributed by atoms with van der Waals surface area (Å²) >= 11 is 0. The average molecular weight is 702 g/mol. The minimum absolute atomic E-state index is 0.906. The Kier molecular flexibility index (Phi) is 10.7. The van der Waals surface area contributed by atoms with Crippen LogP contribution in [0.3, 0.4) is 0 Å². The van der Waals surface area contributed by atoms with E-state index in [1.807, 2.05) is 0 Å². The summed E-state index contributed by atoms with van der Waals surface area (Å²) in [5.41, 5.74) is 0. The highest BCUT2D eigenvalue weighted by Crippen LogP contribution is 2.47. The number of ether oxygens (including phenoxy) is 2. The van der Waals surface area contributed by atoms with Crippen LogP contribution in [0.4, 0.5) is 0 Å². The van der Waals surface area contributed by atoms with Crippen LogP contribution in [0.15, 0.2) is 0 Å². The van der Waals surface area contributed by atoms with Gasteiger partial charge < -0.3 is 50.3 Å². The Balaban J connectivity index is 1.99. The molecule has 0 amide bonds. The maximum atomic E-state index is 13.3. The van der Waals surface area contributed by atoms with Crippen molar-refractivity contribution in [2.45, 2.75) is 19.3 Å². The molecule has 0 heterocycles. The molecule has 0 aromatic carbocycles. The Morgan fingerprint density at radius 1 is 0.286 bits per heavy atom. The quantitative estimate of drug-likeness (QED) is 0.0763. The number of carbonyl (C=O) groups excluding carboxylic acids is 4. The third-order valence-electron chi connectivity index (χ3n) is 9.25. The number of hydrogen-bond acceptors (Lipinski definition) is 14. The zero-order chi connectivity index (χ0) is 37.4. The van der Waals surface area contributed by atoms with E-state index < -0.39 is 162 Å². The molecule has 8 N–H and O–H groups in total. The van der Waals surface area contributed by atoms with E-state index in [4.69, 9.17) is 0 Å². The molecule has 12 unspecified atom stereocenters. The zero-order valence-corrected chi connectivity index (χ0v) is 24.3. The Morgan fingerprint density at radius 2 is 0.490 bits per heavy atom. The van der Waals surface area contributed by atoms with Gasteiger partial charge in [-0.3, -0.25) is 57.5 Å². The molecule has 3 aliphatic rings. The molecule has 22 heteroatoms. The van der Waals surface area contributed by atoms with Crippen LogP contribution in [0.5, 0.6) is 0 Å². The third kappa shape index (κ3) is 7.01. The number of rotatable bonds is 12. The van der Waals surface area contributed by atoms with Gasteiger partial charge in [-0.25, -0.2) is 0 Å². The van der Waals surface area contributed by atoms with Crippen molar-refractivity contribution in [1.29, 1.82) is 0 Å². The SMILES string of the molecule is O=C(O)C1CC(C(=O)O)C(C(=O)OC(=O)C2CC(C(=O)O)C(C(=O)O)C2C(=O)OC(=O)C2C(C(=O)O)CC(C(=O)O)C2C(=O)O)C1C(=O)O. The smallest absolute Gasteiger partial charge is 0.318 e. The minimum Gasteiger partial charge on any atom is -0.481 e. The van der Waals surface area contributed by atoms with Gasteiger partial charge in [0.05, 0.1) is 71.0 Å². The van der Waals surface area contributed by atoms with E-state index in [2.05, 4.69) is 9.47 Å². The first-order valence-electron chi connectivity index (χ1n) is 14.0. The van der Waals surface area contributed by atoms with Crippen molar-refractivity contribution in [3.8, 4) is 0 Å². The Morgan fingerprint density at radius 3 is 0.735 bits per heavy atom. The maximum absolute atomic E-state index is 13.3. The van der Waals surface area contributed by atoms with Crippen molar-refractivity contribution in [1.82, 2.24) is 0 Å². The standard InChI is InChI=1S/C27H26O22/c28-16(29)4-1-7(19(34)35)13(10(4)21(38)39)25(45)48-24(44)9-3-6(18(32)33)12(23(42)43)15(9)27(47)49-26(46)14-8(20(36)37)2-5(17(30)31)11(14)22(40)41/h4-15H,1-3H2,(H,28,29)(H,30,31)(H,32,33)(H,34,35)(H,36,37)(H,38,39)(H,40,41)(H,42,43). The molecule has 3 aliphatic carbocycles. The summed E-state index contributed by atoms with van der Waals surface area (Å²) in [4.78, 5) is 147. The van der Waals surface area contributed by atoms with E-state index in [1.54, 1.807) is 0 Å². The van der Waals surface area contributed by atoms with Crippen molar-refractivity contribution in [2.24, 2.45) is 71.0 Å². The molecule has 0 bridgehead atoms. The molecule has 0 aromatic heterocycles. The predicted molar refractivity (Wildman–Crippen MR) is 139 cm³/mol. The van der Waals surface area contributed by atoms with E-state index in [0.717, 1.165) is 0 Å². The molecule has 3 saturated carbocycles. The Bertz CT molecular complexity index is 1540. The molecule has 0 aliphatic heterocycles. The van der Waals surface area contributed by atoms with Crippen LogP contribution < -0.4 is 0 Å².